The minimum atomic E-state index is 0.163. The molecule has 5 heteroatoms. The fraction of sp³-hybridized carbons (Fsp3) is 0.364. The molecule has 2 aromatic heterocycles. The summed E-state index contributed by atoms with van der Waals surface area (Å²) in [6.07, 6.45) is 4.16. The van der Waals surface area contributed by atoms with Gasteiger partial charge in [0, 0.05) is 30.6 Å². The Morgan fingerprint density at radius 2 is 1.85 bits per heavy atom. The van der Waals surface area contributed by atoms with E-state index >= 15 is 0 Å². The highest BCUT2D eigenvalue weighted by atomic mass is 32.1. The van der Waals surface area contributed by atoms with Crippen LogP contribution < -0.4 is 10.2 Å². The van der Waals surface area contributed by atoms with E-state index in [1.54, 1.807) is 11.3 Å². The predicted molar refractivity (Wildman–Crippen MR) is 111 cm³/mol. The number of hydrogen-bond donors (Lipinski definition) is 1. The Bertz CT molecular complexity index is 956. The van der Waals surface area contributed by atoms with Gasteiger partial charge in [-0.05, 0) is 43.2 Å². The number of rotatable bonds is 4. The highest BCUT2D eigenvalue weighted by molar-refractivity contribution is 7.17. The van der Waals surface area contributed by atoms with Crippen LogP contribution in [0, 0.1) is 5.92 Å². The molecule has 1 aliphatic carbocycles. The van der Waals surface area contributed by atoms with E-state index in [0.717, 1.165) is 55.5 Å². The quantitative estimate of drug-likeness (QED) is 0.730. The molecule has 27 heavy (non-hydrogen) atoms. The van der Waals surface area contributed by atoms with Crippen LogP contribution in [0.2, 0.25) is 0 Å². The molecule has 5 rings (SSSR count). The molecule has 3 heterocycles. The summed E-state index contributed by atoms with van der Waals surface area (Å²) in [6.45, 7) is 1.85. The zero-order valence-electron chi connectivity index (χ0n) is 15.2. The molecular formula is C22H23N3OS. The monoisotopic (exact) mass is 377 g/mol. The molecule has 0 radical (unpaired) electrons. The Morgan fingerprint density at radius 3 is 2.59 bits per heavy atom. The molecule has 3 aromatic rings. The second-order valence-electron chi connectivity index (χ2n) is 7.57. The van der Waals surface area contributed by atoms with Gasteiger partial charge in [-0.1, -0.05) is 30.3 Å². The summed E-state index contributed by atoms with van der Waals surface area (Å²) >= 11 is 1.75. The Morgan fingerprint density at radius 1 is 1.07 bits per heavy atom. The number of hydrogen-bond acceptors (Lipinski definition) is 4. The highest BCUT2D eigenvalue weighted by Gasteiger charge is 2.30. The van der Waals surface area contributed by atoms with Gasteiger partial charge in [-0.2, -0.15) is 0 Å². The van der Waals surface area contributed by atoms with E-state index in [2.05, 4.69) is 52.0 Å². The molecule has 138 valence electrons. The first-order valence-corrected chi connectivity index (χ1v) is 10.6. The molecule has 0 bridgehead atoms. The first-order chi connectivity index (χ1) is 13.3. The van der Waals surface area contributed by atoms with Gasteiger partial charge in [0.2, 0.25) is 5.91 Å². The SMILES string of the molecule is O=C(NC1CC1)C1CCN(c2cc(-c3ccccc3)nc3ccsc23)CC1. The molecule has 1 aromatic carbocycles. The van der Waals surface area contributed by atoms with Crippen molar-refractivity contribution in [2.45, 2.75) is 31.7 Å². The fourth-order valence-electron chi connectivity index (χ4n) is 3.86. The molecule has 1 saturated heterocycles. The van der Waals surface area contributed by atoms with Gasteiger partial charge in [0.1, 0.15) is 0 Å². The number of aromatic nitrogens is 1. The number of anilines is 1. The largest absolute Gasteiger partial charge is 0.370 e. The topological polar surface area (TPSA) is 45.2 Å². The normalized spacial score (nSPS) is 18.0. The number of carbonyl (C=O) groups excluding carboxylic acids is 1. The number of benzene rings is 1. The van der Waals surface area contributed by atoms with E-state index in [4.69, 9.17) is 4.98 Å². The van der Waals surface area contributed by atoms with Crippen LogP contribution in [0.5, 0.6) is 0 Å². The average Bonchev–Trinajstić information content (AvgIpc) is 3.40. The molecule has 2 aliphatic rings. The lowest BCUT2D eigenvalue weighted by atomic mass is 9.95. The van der Waals surface area contributed by atoms with Gasteiger partial charge in [-0.15, -0.1) is 11.3 Å². The van der Waals surface area contributed by atoms with Crippen LogP contribution in [-0.4, -0.2) is 30.0 Å². The van der Waals surface area contributed by atoms with Crippen LogP contribution >= 0.6 is 11.3 Å². The Kier molecular flexibility index (Phi) is 4.32. The highest BCUT2D eigenvalue weighted by Crippen LogP contribution is 2.36. The van der Waals surface area contributed by atoms with Crippen LogP contribution in [0.25, 0.3) is 21.5 Å². The van der Waals surface area contributed by atoms with Crippen molar-refractivity contribution in [2.75, 3.05) is 18.0 Å². The Hall–Kier alpha value is -2.40. The number of carbonyl (C=O) groups is 1. The van der Waals surface area contributed by atoms with Crippen LogP contribution in [0.4, 0.5) is 5.69 Å². The van der Waals surface area contributed by atoms with Crippen molar-refractivity contribution in [1.29, 1.82) is 0 Å². The van der Waals surface area contributed by atoms with Crippen molar-refractivity contribution in [3.05, 3.63) is 47.8 Å². The number of nitrogens with zero attached hydrogens (tertiary/aromatic N) is 2. The van der Waals surface area contributed by atoms with E-state index in [9.17, 15) is 4.79 Å². The number of fused-ring (bicyclic) bond motifs is 1. The lowest BCUT2D eigenvalue weighted by molar-refractivity contribution is -0.125. The third kappa shape index (κ3) is 3.44. The van der Waals surface area contributed by atoms with E-state index < -0.39 is 0 Å². The molecule has 0 atom stereocenters. The first-order valence-electron chi connectivity index (χ1n) is 9.77. The van der Waals surface area contributed by atoms with Crippen LogP contribution in [0.15, 0.2) is 47.8 Å². The lowest BCUT2D eigenvalue weighted by Crippen LogP contribution is -2.41. The summed E-state index contributed by atoms with van der Waals surface area (Å²) in [7, 11) is 0. The average molecular weight is 378 g/mol. The van der Waals surface area contributed by atoms with Gasteiger partial charge in [0.25, 0.3) is 0 Å². The minimum absolute atomic E-state index is 0.163. The van der Waals surface area contributed by atoms with E-state index in [1.807, 2.05) is 6.07 Å². The minimum Gasteiger partial charge on any atom is -0.370 e. The van der Waals surface area contributed by atoms with Gasteiger partial charge in [-0.25, -0.2) is 4.98 Å². The maximum absolute atomic E-state index is 12.4. The molecule has 2 fully saturated rings. The van der Waals surface area contributed by atoms with Crippen LogP contribution in [0.1, 0.15) is 25.7 Å². The molecule has 1 amide bonds. The van der Waals surface area contributed by atoms with Crippen molar-refractivity contribution in [3.8, 4) is 11.3 Å². The van der Waals surface area contributed by atoms with Crippen LogP contribution in [0.3, 0.4) is 0 Å². The van der Waals surface area contributed by atoms with Crippen molar-refractivity contribution in [1.82, 2.24) is 10.3 Å². The molecule has 1 saturated carbocycles. The molecular weight excluding hydrogens is 354 g/mol. The van der Waals surface area contributed by atoms with Crippen LogP contribution in [-0.2, 0) is 4.79 Å². The molecule has 4 nitrogen and oxygen atoms in total. The zero-order valence-corrected chi connectivity index (χ0v) is 16.0. The predicted octanol–water partition coefficient (Wildman–Crippen LogP) is 4.46. The summed E-state index contributed by atoms with van der Waals surface area (Å²) < 4.78 is 1.25. The number of piperidine rings is 1. The summed E-state index contributed by atoms with van der Waals surface area (Å²) in [5.74, 6) is 0.425. The Labute approximate surface area is 163 Å². The first kappa shape index (κ1) is 16.8. The maximum atomic E-state index is 12.4. The molecule has 0 spiro atoms. The maximum Gasteiger partial charge on any atom is 0.223 e. The van der Waals surface area contributed by atoms with Gasteiger partial charge in [-0.3, -0.25) is 4.79 Å². The number of pyridine rings is 1. The molecule has 1 N–H and O–H groups in total. The Balaban J connectivity index is 1.40. The molecule has 0 unspecified atom stereocenters. The van der Waals surface area contributed by atoms with Crippen molar-refractivity contribution >= 4 is 33.1 Å². The van der Waals surface area contributed by atoms with Gasteiger partial charge < -0.3 is 10.2 Å². The zero-order chi connectivity index (χ0) is 18.2. The van der Waals surface area contributed by atoms with Gasteiger partial charge in [0.15, 0.2) is 0 Å². The standard InChI is InChI=1S/C22H23N3OS/c26-22(23-17-6-7-17)16-8-11-25(12-9-16)20-14-19(15-4-2-1-3-5-15)24-18-10-13-27-21(18)20/h1-5,10,13-14,16-17H,6-9,11-12H2,(H,23,26). The summed E-state index contributed by atoms with van der Waals surface area (Å²) in [6, 6.07) is 15.1. The van der Waals surface area contributed by atoms with Gasteiger partial charge >= 0.3 is 0 Å². The summed E-state index contributed by atoms with van der Waals surface area (Å²) in [5.41, 5.74) is 4.48. The van der Waals surface area contributed by atoms with Crippen molar-refractivity contribution in [3.63, 3.8) is 0 Å². The summed E-state index contributed by atoms with van der Waals surface area (Å²) in [4.78, 5) is 19.7. The van der Waals surface area contributed by atoms with E-state index in [0.29, 0.717) is 6.04 Å². The number of thiophene rings is 1. The number of nitrogens with one attached hydrogen (secondary N) is 1. The lowest BCUT2D eigenvalue weighted by Gasteiger charge is -2.33. The molecule has 1 aliphatic heterocycles. The second kappa shape index (κ2) is 6.97. The van der Waals surface area contributed by atoms with Crippen molar-refractivity contribution in [2.24, 2.45) is 5.92 Å². The van der Waals surface area contributed by atoms with Gasteiger partial charge in [0.05, 0.1) is 21.6 Å². The fourth-order valence-corrected chi connectivity index (χ4v) is 4.74. The second-order valence-corrected chi connectivity index (χ2v) is 8.49. The van der Waals surface area contributed by atoms with E-state index in [-0.39, 0.29) is 11.8 Å². The third-order valence-corrected chi connectivity index (χ3v) is 6.52. The smallest absolute Gasteiger partial charge is 0.223 e. The van der Waals surface area contributed by atoms with Crippen molar-refractivity contribution < 1.29 is 4.79 Å². The van der Waals surface area contributed by atoms with E-state index in [1.165, 1.54) is 10.4 Å². The number of amides is 1. The third-order valence-electron chi connectivity index (χ3n) is 5.59. The summed E-state index contributed by atoms with van der Waals surface area (Å²) in [5, 5.41) is 5.29.